The Morgan fingerprint density at radius 1 is 0.906 bits per heavy atom. The Bertz CT molecular complexity index is 885. The summed E-state index contributed by atoms with van der Waals surface area (Å²) in [6.07, 6.45) is 5.66. The van der Waals surface area contributed by atoms with Gasteiger partial charge in [-0.3, -0.25) is 4.79 Å². The Balaban J connectivity index is 1.42. The van der Waals surface area contributed by atoms with E-state index in [9.17, 15) is 14.7 Å². The van der Waals surface area contributed by atoms with Crippen LogP contribution in [-0.4, -0.2) is 41.9 Å². The zero-order valence-corrected chi connectivity index (χ0v) is 18.3. The molecule has 2 atom stereocenters. The highest BCUT2D eigenvalue weighted by Crippen LogP contribution is 2.25. The van der Waals surface area contributed by atoms with Gasteiger partial charge in [-0.2, -0.15) is 0 Å². The summed E-state index contributed by atoms with van der Waals surface area (Å²) < 4.78 is 5.50. The molecule has 6 nitrogen and oxygen atoms in total. The predicted molar refractivity (Wildman–Crippen MR) is 124 cm³/mol. The van der Waals surface area contributed by atoms with E-state index in [1.54, 1.807) is 0 Å². The van der Waals surface area contributed by atoms with Gasteiger partial charge in [-0.1, -0.05) is 66.7 Å². The summed E-state index contributed by atoms with van der Waals surface area (Å²) in [5, 5.41) is 16.6. The van der Waals surface area contributed by atoms with Gasteiger partial charge in [-0.25, -0.2) is 4.79 Å². The largest absolute Gasteiger partial charge is 0.442 e. The van der Waals surface area contributed by atoms with E-state index in [0.717, 1.165) is 17.5 Å². The molecule has 6 heteroatoms. The highest BCUT2D eigenvalue weighted by molar-refractivity contribution is 5.84. The van der Waals surface area contributed by atoms with Crippen LogP contribution in [0.2, 0.25) is 0 Å². The van der Waals surface area contributed by atoms with E-state index in [-0.39, 0.29) is 12.3 Å². The molecule has 2 amide bonds. The second-order valence-corrected chi connectivity index (χ2v) is 8.13. The molecule has 2 aromatic rings. The average Bonchev–Trinajstić information content (AvgIpc) is 2.80. The van der Waals surface area contributed by atoms with Gasteiger partial charge in [0.2, 0.25) is 0 Å². The summed E-state index contributed by atoms with van der Waals surface area (Å²) in [4.78, 5) is 24.8. The second kappa shape index (κ2) is 12.1. The molecule has 0 aromatic heterocycles. The minimum absolute atomic E-state index is 0.233. The normalized spacial score (nSPS) is 21.6. The molecule has 0 unspecified atom stereocenters. The maximum atomic E-state index is 12.7. The molecule has 2 aromatic carbocycles. The second-order valence-electron chi connectivity index (χ2n) is 8.13. The molecule has 3 rings (SSSR count). The van der Waals surface area contributed by atoms with Crippen LogP contribution in [0.25, 0.3) is 0 Å². The van der Waals surface area contributed by atoms with E-state index >= 15 is 0 Å². The van der Waals surface area contributed by atoms with Crippen molar-refractivity contribution in [3.8, 4) is 0 Å². The van der Waals surface area contributed by atoms with E-state index in [2.05, 4.69) is 10.6 Å². The summed E-state index contributed by atoms with van der Waals surface area (Å²) in [6.45, 7) is 0.942. The maximum Gasteiger partial charge on any atom is 0.407 e. The number of carbonyl (C=O) groups excluding carboxylic acids is 2. The van der Waals surface area contributed by atoms with Gasteiger partial charge in [-0.15, -0.1) is 0 Å². The third kappa shape index (κ3) is 7.54. The van der Waals surface area contributed by atoms with Crippen molar-refractivity contribution in [1.82, 2.24) is 10.6 Å². The van der Waals surface area contributed by atoms with Crippen molar-refractivity contribution in [2.45, 2.75) is 50.2 Å². The zero-order chi connectivity index (χ0) is 22.7. The van der Waals surface area contributed by atoms with Gasteiger partial charge < -0.3 is 20.5 Å². The molecule has 0 heterocycles. The fourth-order valence-electron chi connectivity index (χ4n) is 3.76. The Kier molecular flexibility index (Phi) is 8.87. The zero-order valence-electron chi connectivity index (χ0n) is 18.3. The standard InChI is InChI=1S/C26H32N2O4/c29-24(27-19-15-21-9-3-1-4-10-21)26(31)17-8-7-13-23(14-18-26)32-25(30)28-20-16-22-11-5-2-6-12-22/h1-7,9-13,23,31H,8,14-20H2,(H,27,29)(H,28,30)/b13-7+/t23-,26-/m1/s1. The Morgan fingerprint density at radius 2 is 1.50 bits per heavy atom. The molecule has 0 aliphatic heterocycles. The van der Waals surface area contributed by atoms with E-state index in [1.807, 2.05) is 72.8 Å². The average molecular weight is 437 g/mol. The summed E-state index contributed by atoms with van der Waals surface area (Å²) in [5.74, 6) is -0.366. The van der Waals surface area contributed by atoms with Crippen LogP contribution in [0.1, 0.15) is 36.8 Å². The van der Waals surface area contributed by atoms with Crippen molar-refractivity contribution in [3.05, 3.63) is 83.9 Å². The molecule has 0 saturated carbocycles. The quantitative estimate of drug-likeness (QED) is 0.553. The third-order valence-electron chi connectivity index (χ3n) is 5.67. The number of amides is 2. The van der Waals surface area contributed by atoms with Crippen LogP contribution in [0.5, 0.6) is 0 Å². The highest BCUT2D eigenvalue weighted by Gasteiger charge is 2.36. The fourth-order valence-corrected chi connectivity index (χ4v) is 3.76. The molecule has 0 spiro atoms. The van der Waals surface area contributed by atoms with Crippen molar-refractivity contribution in [2.24, 2.45) is 0 Å². The SMILES string of the molecule is O=C(NCCc1ccccc1)O[C@@H]1/C=C/CC[C@](O)(C(=O)NCCc2ccccc2)CC1. The molecule has 1 aliphatic carbocycles. The van der Waals surface area contributed by atoms with Crippen LogP contribution < -0.4 is 10.6 Å². The molecule has 0 radical (unpaired) electrons. The molecule has 170 valence electrons. The fraction of sp³-hybridized carbons (Fsp3) is 0.385. The highest BCUT2D eigenvalue weighted by atomic mass is 16.6. The van der Waals surface area contributed by atoms with Gasteiger partial charge >= 0.3 is 6.09 Å². The van der Waals surface area contributed by atoms with Gasteiger partial charge in [0.1, 0.15) is 11.7 Å². The van der Waals surface area contributed by atoms with Crippen LogP contribution in [0.15, 0.2) is 72.8 Å². The third-order valence-corrected chi connectivity index (χ3v) is 5.67. The minimum atomic E-state index is -1.47. The summed E-state index contributed by atoms with van der Waals surface area (Å²) >= 11 is 0. The number of ether oxygens (including phenoxy) is 1. The monoisotopic (exact) mass is 436 g/mol. The van der Waals surface area contributed by atoms with Crippen LogP contribution in [0.4, 0.5) is 4.79 Å². The van der Waals surface area contributed by atoms with Gasteiger partial charge in [0.05, 0.1) is 0 Å². The smallest absolute Gasteiger partial charge is 0.407 e. The van der Waals surface area contributed by atoms with E-state index in [4.69, 9.17) is 4.74 Å². The maximum absolute atomic E-state index is 12.7. The van der Waals surface area contributed by atoms with E-state index in [1.165, 1.54) is 0 Å². The minimum Gasteiger partial charge on any atom is -0.442 e. The lowest BCUT2D eigenvalue weighted by Crippen LogP contribution is -2.48. The van der Waals surface area contributed by atoms with Crippen LogP contribution in [-0.2, 0) is 22.4 Å². The number of allylic oxidation sites excluding steroid dienone is 1. The topological polar surface area (TPSA) is 87.7 Å². The lowest BCUT2D eigenvalue weighted by Gasteiger charge is -2.29. The van der Waals surface area contributed by atoms with Crippen LogP contribution >= 0.6 is 0 Å². The number of alkyl carbamates (subject to hydrolysis) is 1. The molecule has 32 heavy (non-hydrogen) atoms. The van der Waals surface area contributed by atoms with E-state index < -0.39 is 17.8 Å². The van der Waals surface area contributed by atoms with Crippen LogP contribution in [0.3, 0.4) is 0 Å². The first-order valence-corrected chi connectivity index (χ1v) is 11.2. The van der Waals surface area contributed by atoms with Crippen molar-refractivity contribution in [1.29, 1.82) is 0 Å². The molecule has 0 fully saturated rings. The number of nitrogens with one attached hydrogen (secondary N) is 2. The number of benzene rings is 2. The van der Waals surface area contributed by atoms with E-state index in [0.29, 0.717) is 38.8 Å². The summed E-state index contributed by atoms with van der Waals surface area (Å²) in [5.41, 5.74) is 0.807. The van der Waals surface area contributed by atoms with Crippen molar-refractivity contribution < 1.29 is 19.4 Å². The van der Waals surface area contributed by atoms with Crippen LogP contribution in [0, 0.1) is 0 Å². The number of hydrogen-bond donors (Lipinski definition) is 3. The Labute approximate surface area is 189 Å². The number of carbonyl (C=O) groups is 2. The lowest BCUT2D eigenvalue weighted by atomic mass is 9.87. The number of aliphatic hydroxyl groups is 1. The van der Waals surface area contributed by atoms with Crippen molar-refractivity contribution >= 4 is 12.0 Å². The Hall–Kier alpha value is -3.12. The molecule has 1 aliphatic rings. The lowest BCUT2D eigenvalue weighted by molar-refractivity contribution is -0.141. The predicted octanol–water partition coefficient (Wildman–Crippen LogP) is 3.54. The first-order chi connectivity index (χ1) is 15.5. The van der Waals surface area contributed by atoms with Gasteiger partial charge in [0, 0.05) is 13.1 Å². The summed E-state index contributed by atoms with van der Waals surface area (Å²) in [7, 11) is 0. The van der Waals surface area contributed by atoms with Gasteiger partial charge in [-0.05, 0) is 55.7 Å². The number of hydrogen-bond acceptors (Lipinski definition) is 4. The molecule has 0 bridgehead atoms. The Morgan fingerprint density at radius 3 is 2.12 bits per heavy atom. The van der Waals surface area contributed by atoms with Gasteiger partial charge in [0.15, 0.2) is 0 Å². The van der Waals surface area contributed by atoms with Crippen molar-refractivity contribution in [2.75, 3.05) is 13.1 Å². The summed E-state index contributed by atoms with van der Waals surface area (Å²) in [6, 6.07) is 19.8. The molecule has 0 saturated heterocycles. The first kappa shape index (κ1) is 23.5. The van der Waals surface area contributed by atoms with Gasteiger partial charge in [0.25, 0.3) is 5.91 Å². The number of rotatable bonds is 8. The molecular formula is C26H32N2O4. The molecular weight excluding hydrogens is 404 g/mol. The molecule has 3 N–H and O–H groups in total. The van der Waals surface area contributed by atoms with Crippen molar-refractivity contribution in [3.63, 3.8) is 0 Å². The first-order valence-electron chi connectivity index (χ1n) is 11.2.